The molecule has 1 aliphatic rings. The molecule has 25 heteroatoms. The molecule has 0 fully saturated rings. The van der Waals surface area contributed by atoms with Gasteiger partial charge in [0.2, 0.25) is 0 Å². The van der Waals surface area contributed by atoms with Crippen LogP contribution in [0.5, 0.6) is 0 Å². The summed E-state index contributed by atoms with van der Waals surface area (Å²) in [5.74, 6) is 6.50. The van der Waals surface area contributed by atoms with Crippen LogP contribution < -0.4 is 87.4 Å². The number of hydrogen-bond donors (Lipinski definition) is 0. The zero-order valence-electron chi connectivity index (χ0n) is 50.6. The van der Waals surface area contributed by atoms with E-state index in [-0.39, 0.29) is 5.92 Å². The van der Waals surface area contributed by atoms with E-state index in [2.05, 4.69) is 221 Å². The van der Waals surface area contributed by atoms with Gasteiger partial charge < -0.3 is 0 Å². The van der Waals surface area contributed by atoms with Crippen molar-refractivity contribution >= 4 is 337 Å². The Hall–Kier alpha value is -4.46. The van der Waals surface area contributed by atoms with Crippen molar-refractivity contribution in [2.45, 2.75) is 32.5 Å². The van der Waals surface area contributed by atoms with Gasteiger partial charge in [-0.1, -0.05) is 0 Å². The molecule has 1 atom stereocenters. The molecule has 0 amide bonds. The number of hydrogen-bond acceptors (Lipinski definition) is 0. The summed E-state index contributed by atoms with van der Waals surface area (Å²) in [5.41, 5.74) is 41.5. The second-order valence-electron chi connectivity index (χ2n) is 23.0. The van der Waals surface area contributed by atoms with E-state index in [4.69, 9.17) is 12.8 Å². The Labute approximate surface area is 468 Å². The first kappa shape index (κ1) is 57.3. The molecule has 6 aromatic rings. The Morgan fingerprint density at radius 3 is 1.38 bits per heavy atom. The van der Waals surface area contributed by atoms with Crippen molar-refractivity contribution in [2.75, 3.05) is 0 Å². The van der Waals surface area contributed by atoms with Gasteiger partial charge in [0.05, 0.1) is 0 Å². The molecule has 0 spiro atoms. The number of fused-ring (bicyclic) bond motifs is 5. The van der Waals surface area contributed by atoms with Gasteiger partial charge in [-0.2, -0.15) is 0 Å². The average molecular weight is 920 g/mol. The van der Waals surface area contributed by atoms with Gasteiger partial charge in [0.15, 0.2) is 0 Å². The van der Waals surface area contributed by atoms with Crippen LogP contribution in [0.25, 0.3) is 43.5 Å². The van der Waals surface area contributed by atoms with Crippen molar-refractivity contribution in [3.8, 4) is 24.7 Å². The number of terminal acetylenes is 2. The van der Waals surface area contributed by atoms with Crippen LogP contribution in [0.3, 0.4) is 0 Å². The van der Waals surface area contributed by atoms with E-state index < -0.39 is 0 Å². The van der Waals surface area contributed by atoms with Crippen molar-refractivity contribution < 1.29 is 0 Å². The molecular weight excluding hydrogens is 859 g/mol. The van der Waals surface area contributed by atoms with Gasteiger partial charge in [-0.3, -0.25) is 0 Å². The molecule has 0 saturated heterocycles. The van der Waals surface area contributed by atoms with Crippen molar-refractivity contribution in [1.29, 1.82) is 0 Å². The summed E-state index contributed by atoms with van der Waals surface area (Å²) < 4.78 is 0. The van der Waals surface area contributed by atoms with E-state index in [1.54, 1.807) is 0 Å². The monoisotopic (exact) mass is 925 g/mol. The van der Waals surface area contributed by atoms with Crippen LogP contribution >= 0.6 is 0 Å². The van der Waals surface area contributed by atoms with Crippen LogP contribution in [0.15, 0.2) is 33.0 Å². The first-order chi connectivity index (χ1) is 34.5. The molecule has 7 rings (SSSR count). The van der Waals surface area contributed by atoms with Crippen LogP contribution in [-0.2, 0) is 6.32 Å². The fourth-order valence-corrected chi connectivity index (χ4v) is 14.2. The zero-order valence-corrected chi connectivity index (χ0v) is 50.6. The third-order valence-corrected chi connectivity index (χ3v) is 19.7. The van der Waals surface area contributed by atoms with Crippen LogP contribution in [0.4, 0.5) is 0 Å². The van der Waals surface area contributed by atoms with Crippen LogP contribution in [0.1, 0.15) is 63.8 Å². The minimum absolute atomic E-state index is 0.0442. The molecule has 0 N–H and O–H groups in total. The van der Waals surface area contributed by atoms with Gasteiger partial charge in [0.25, 0.3) is 0 Å². The number of rotatable bonds is 9. The Kier molecular flexibility index (Phi) is 16.1. The fourth-order valence-electron chi connectivity index (χ4n) is 14.2. The van der Waals surface area contributed by atoms with Crippen molar-refractivity contribution in [2.24, 2.45) is 0 Å². The van der Waals surface area contributed by atoms with Crippen LogP contribution in [-0.4, -0.2) is 206 Å². The second-order valence-corrected chi connectivity index (χ2v) is 23.0. The van der Waals surface area contributed by atoms with Crippen LogP contribution in [0.2, 0.25) is 0 Å². The molecule has 0 aliphatic heterocycles. The summed E-state index contributed by atoms with van der Waals surface area (Å²) >= 11 is 0. The molecule has 1 aliphatic carbocycles. The molecule has 0 radical (unpaired) electrons. The van der Waals surface area contributed by atoms with Gasteiger partial charge in [-0.05, 0) is 0 Å². The van der Waals surface area contributed by atoms with Gasteiger partial charge in [0.1, 0.15) is 0 Å². The summed E-state index contributed by atoms with van der Waals surface area (Å²) in [5, 5.41) is 10.3. The van der Waals surface area contributed by atoms with Gasteiger partial charge >= 0.3 is 472 Å². The molecule has 0 aromatic heterocycles. The fraction of sp³-hybridized carbons (Fsp3) is 0.102. The maximum atomic E-state index is 7.07. The normalized spacial score (nSPS) is 14.3. The van der Waals surface area contributed by atoms with E-state index in [0.29, 0.717) is 0 Å². The SMILES string of the molecule is B=C(B)c1c(B)c(B)c(B)c2c(B)c(B)c(CB)c(/C(C)=C(C#C)/C(CC3C(B)=C(c4c(B)c(B)c5c(B)c(B)c6c(B)c(B)c(B)c(C(=B)B)c6c5c4C)c4c(B)c(B)c(B)c(B)c43)=C(B)/C(B)=C(/B)C#C)c12. The molecule has 1 unspecified atom stereocenters. The summed E-state index contributed by atoms with van der Waals surface area (Å²) in [6.45, 7) is 4.72. The third kappa shape index (κ3) is 8.32. The number of aryl methyl sites for hydroxylation is 1. The van der Waals surface area contributed by atoms with Gasteiger partial charge in [0, 0.05) is 0 Å². The summed E-state index contributed by atoms with van der Waals surface area (Å²) in [6, 6.07) is 0. The number of benzene rings is 6. The van der Waals surface area contributed by atoms with E-state index in [9.17, 15) is 0 Å². The standard InChI is InChI=1S/C49H61B25/c1-5-11(9(3)16-14(8-50)31(54)36(59)25-20(16)27(48(71)72)42(65)44(67)40(25)63)12(30(53)32(55)15(51)6-2)7-13-19-23(35(58)47(70)46(69)34(19)57)22(29(13)52)18-10(4)17-21-26(39(62)38(61)24(17)37(60)33(18)56)41(64)45(68)43(66)28(21)49(73)74/h1-2,13,71,73H,7-8,50-70,72,74H2,3-4H3/b11-9+,30-12-,32-15-. The Morgan fingerprint density at radius 2 is 0.892 bits per heavy atom. The van der Waals surface area contributed by atoms with Crippen LogP contribution in [0, 0.1) is 31.6 Å². The van der Waals surface area contributed by atoms with E-state index in [0.717, 1.165) is 51.0 Å². The molecule has 0 heterocycles. The molecule has 0 saturated carbocycles. The summed E-state index contributed by atoms with van der Waals surface area (Å²) in [6.07, 6.45) is 14.9. The second kappa shape index (κ2) is 20.8. The Bertz CT molecular complexity index is 3890. The first-order valence-electron chi connectivity index (χ1n) is 27.2. The van der Waals surface area contributed by atoms with Crippen molar-refractivity contribution in [3.05, 3.63) is 77.5 Å². The third-order valence-electron chi connectivity index (χ3n) is 19.7. The zero-order chi connectivity index (χ0) is 55.5. The summed E-state index contributed by atoms with van der Waals surface area (Å²) in [7, 11) is 62.1. The van der Waals surface area contributed by atoms with Gasteiger partial charge in [-0.15, -0.1) is 0 Å². The van der Waals surface area contributed by atoms with Gasteiger partial charge in [-0.25, -0.2) is 0 Å². The quantitative estimate of drug-likeness (QED) is 0.0587. The maximum absolute atomic E-state index is 7.07. The average Bonchev–Trinajstić information content (AvgIpc) is 3.63. The van der Waals surface area contributed by atoms with E-state index >= 15 is 0 Å². The first-order valence-corrected chi connectivity index (χ1v) is 27.2. The molecule has 74 heavy (non-hydrogen) atoms. The molecule has 332 valence electrons. The topological polar surface area (TPSA) is 0 Å². The predicted molar refractivity (Wildman–Crippen MR) is 411 cm³/mol. The Balaban J connectivity index is 1.70. The van der Waals surface area contributed by atoms with Crippen molar-refractivity contribution in [3.63, 3.8) is 0 Å². The molecule has 6 aromatic carbocycles. The molecule has 0 nitrogen and oxygen atoms in total. The number of allylic oxidation sites excluding steroid dienone is 7. The summed E-state index contributed by atoms with van der Waals surface area (Å²) in [4.78, 5) is 0. The van der Waals surface area contributed by atoms with E-state index in [1.807, 2.05) is 0 Å². The van der Waals surface area contributed by atoms with E-state index in [1.165, 1.54) is 181 Å². The molecular formula is C49H61B25. The molecule has 0 bridgehead atoms. The van der Waals surface area contributed by atoms with Crippen molar-refractivity contribution in [1.82, 2.24) is 0 Å². The Morgan fingerprint density at radius 1 is 0.473 bits per heavy atom. The predicted octanol–water partition coefficient (Wildman–Crippen LogP) is -25.3. The minimum atomic E-state index is 0.0442.